The Morgan fingerprint density at radius 3 is 2.47 bits per heavy atom. The molecule has 0 spiro atoms. The van der Waals surface area contributed by atoms with Crippen LogP contribution in [0.1, 0.15) is 12.2 Å². The van der Waals surface area contributed by atoms with Crippen LogP contribution >= 0.6 is 0 Å². The van der Waals surface area contributed by atoms with Gasteiger partial charge in [0, 0.05) is 55.1 Å². The molecule has 45 heavy (non-hydrogen) atoms. The summed E-state index contributed by atoms with van der Waals surface area (Å²) in [4.78, 5) is 38.1. The van der Waals surface area contributed by atoms with Crippen LogP contribution in [0.15, 0.2) is 71.4 Å². The Balaban J connectivity index is 1.42. The highest BCUT2D eigenvalue weighted by Crippen LogP contribution is 2.29. The number of aliphatic imine (C=N–C) groups is 1. The second kappa shape index (κ2) is 14.2. The average Bonchev–Trinajstić information content (AvgIpc) is 3.47. The fourth-order valence-corrected chi connectivity index (χ4v) is 4.52. The van der Waals surface area contributed by atoms with E-state index in [9.17, 15) is 22.8 Å². The predicted molar refractivity (Wildman–Crippen MR) is 168 cm³/mol. The van der Waals surface area contributed by atoms with Crippen molar-refractivity contribution in [3.63, 3.8) is 0 Å². The van der Waals surface area contributed by atoms with Crippen LogP contribution in [-0.4, -0.2) is 83.1 Å². The molecular weight excluding hydrogens is 589 g/mol. The van der Waals surface area contributed by atoms with Crippen LogP contribution in [0.3, 0.4) is 0 Å². The second-order valence-electron chi connectivity index (χ2n) is 10.2. The topological polar surface area (TPSA) is 186 Å². The van der Waals surface area contributed by atoms with Crippen molar-refractivity contribution in [3.8, 4) is 11.3 Å². The Labute approximate surface area is 256 Å². The Kier molecular flexibility index (Phi) is 10.2. The summed E-state index contributed by atoms with van der Waals surface area (Å²) in [6.45, 7) is -0.893. The predicted octanol–water partition coefficient (Wildman–Crippen LogP) is 5.46. The summed E-state index contributed by atoms with van der Waals surface area (Å²) in [6.07, 6.45) is 3.84. The number of rotatable bonds is 12. The van der Waals surface area contributed by atoms with Gasteiger partial charge in [0.25, 0.3) is 0 Å². The van der Waals surface area contributed by atoms with Gasteiger partial charge in [-0.05, 0) is 42.1 Å². The van der Waals surface area contributed by atoms with Gasteiger partial charge >= 0.3 is 18.2 Å². The molecule has 0 bridgehead atoms. The van der Waals surface area contributed by atoms with Crippen molar-refractivity contribution < 1.29 is 22.8 Å². The molecule has 1 aliphatic heterocycles. The lowest BCUT2D eigenvalue weighted by molar-refractivity contribution is -0.122. The Bertz CT molecular complexity index is 1590. The van der Waals surface area contributed by atoms with E-state index in [1.807, 2.05) is 18.2 Å². The molecule has 0 aliphatic carbocycles. The monoisotopic (exact) mass is 620 g/mol. The van der Waals surface area contributed by atoms with E-state index in [0.29, 0.717) is 34.8 Å². The zero-order valence-corrected chi connectivity index (χ0v) is 23.9. The van der Waals surface area contributed by atoms with Crippen molar-refractivity contribution in [3.05, 3.63) is 72.2 Å². The molecule has 12 nitrogen and oxygen atoms in total. The van der Waals surface area contributed by atoms with Gasteiger partial charge in [0.2, 0.25) is 0 Å². The third kappa shape index (κ3) is 8.95. The van der Waals surface area contributed by atoms with Gasteiger partial charge in [0.1, 0.15) is 17.9 Å². The number of nitrogens with zero attached hydrogens (tertiary/aromatic N) is 3. The highest BCUT2D eigenvalue weighted by atomic mass is 19.4. The maximum Gasteiger partial charge on any atom is 0.405 e. The van der Waals surface area contributed by atoms with Gasteiger partial charge in [0.15, 0.2) is 0 Å². The molecule has 7 N–H and O–H groups in total. The zero-order valence-electron chi connectivity index (χ0n) is 23.9. The van der Waals surface area contributed by atoms with E-state index in [1.165, 1.54) is 24.7 Å². The normalized spacial score (nSPS) is 15.1. The summed E-state index contributed by atoms with van der Waals surface area (Å²) >= 11 is 0. The highest BCUT2D eigenvalue weighted by Gasteiger charge is 2.44. The summed E-state index contributed by atoms with van der Waals surface area (Å²) in [5, 5.41) is 30.4. The molecule has 4 rings (SSSR count). The number of alkyl halides is 3. The molecule has 2 heterocycles. The average molecular weight is 621 g/mol. The molecule has 0 radical (unpaired) electrons. The van der Waals surface area contributed by atoms with Crippen LogP contribution in [0.25, 0.3) is 17.3 Å². The SMILES string of the molecule is N=CCC1(N=CC(C=N)/C(C=N)=C/c2ncc(-c3cccc(NC(=O)NCC(F)(F)F)c3)[nH]2)CN(C(=O)Nc2ccccc2)C1. The van der Waals surface area contributed by atoms with Crippen LogP contribution in [0.5, 0.6) is 0 Å². The lowest BCUT2D eigenvalue weighted by Gasteiger charge is -2.46. The molecule has 1 aliphatic rings. The summed E-state index contributed by atoms with van der Waals surface area (Å²) in [5.41, 5.74) is 1.75. The van der Waals surface area contributed by atoms with E-state index < -0.39 is 30.2 Å². The molecular formula is C30H31F3N10O2. The van der Waals surface area contributed by atoms with Gasteiger partial charge < -0.3 is 42.1 Å². The summed E-state index contributed by atoms with van der Waals surface area (Å²) in [6, 6.07) is 14.2. The van der Waals surface area contributed by atoms with Gasteiger partial charge in [-0.25, -0.2) is 14.6 Å². The zero-order chi connectivity index (χ0) is 32.5. The fraction of sp³-hybridized carbons (Fsp3) is 0.233. The number of urea groups is 2. The standard InChI is InChI=1S/C30H31F3N10O2/c31-30(32,33)17-38-27(44)40-24-8-4-5-20(11-24)25-16-37-26(42-25)12-21(13-35)22(14-36)15-39-29(9-10-34)18-43(19-29)28(45)41-23-6-2-1-3-7-23/h1-8,10-16,22,34-36H,9,17-19H2,(H,37,42)(H,41,45)(H2,38,40,44)/b21-12+,34-10?,35-13?,36-14?,39-15?. The summed E-state index contributed by atoms with van der Waals surface area (Å²) in [5.74, 6) is -0.319. The second-order valence-corrected chi connectivity index (χ2v) is 10.2. The first kappa shape index (κ1) is 32.3. The maximum absolute atomic E-state index is 12.6. The minimum atomic E-state index is -4.53. The van der Waals surface area contributed by atoms with Gasteiger partial charge in [-0.3, -0.25) is 4.99 Å². The Morgan fingerprint density at radius 2 is 1.80 bits per heavy atom. The molecule has 1 fully saturated rings. The lowest BCUT2D eigenvalue weighted by atomic mass is 9.87. The Morgan fingerprint density at radius 1 is 1.07 bits per heavy atom. The van der Waals surface area contributed by atoms with E-state index >= 15 is 0 Å². The molecule has 1 atom stereocenters. The molecule has 3 aromatic rings. The van der Waals surface area contributed by atoms with Gasteiger partial charge in [0.05, 0.1) is 17.8 Å². The number of allylic oxidation sites excluding steroid dienone is 1. The molecule has 15 heteroatoms. The number of anilines is 2. The van der Waals surface area contributed by atoms with Crippen LogP contribution in [-0.2, 0) is 0 Å². The molecule has 0 saturated carbocycles. The number of hydrogen-bond acceptors (Lipinski definition) is 7. The number of likely N-dealkylation sites (tertiary alicyclic amines) is 1. The largest absolute Gasteiger partial charge is 0.405 e. The number of carbonyl (C=O) groups excluding carboxylic acids is 2. The molecule has 1 saturated heterocycles. The number of imidazole rings is 1. The number of carbonyl (C=O) groups is 2. The van der Waals surface area contributed by atoms with E-state index in [4.69, 9.17) is 16.2 Å². The maximum atomic E-state index is 12.6. The Hall–Kier alpha value is -5.60. The number of aromatic amines is 1. The lowest BCUT2D eigenvalue weighted by Crippen LogP contribution is -2.63. The first-order chi connectivity index (χ1) is 21.5. The van der Waals surface area contributed by atoms with E-state index in [2.05, 4.69) is 25.6 Å². The van der Waals surface area contributed by atoms with Gasteiger partial charge in [-0.2, -0.15) is 13.2 Å². The first-order valence-corrected chi connectivity index (χ1v) is 13.7. The van der Waals surface area contributed by atoms with Crippen LogP contribution in [0.2, 0.25) is 0 Å². The molecule has 1 aromatic heterocycles. The first-order valence-electron chi connectivity index (χ1n) is 13.7. The van der Waals surface area contributed by atoms with Crippen molar-refractivity contribution in [2.24, 2.45) is 10.9 Å². The van der Waals surface area contributed by atoms with E-state index in [-0.39, 0.29) is 24.8 Å². The quantitative estimate of drug-likeness (QED) is 0.133. The van der Waals surface area contributed by atoms with Crippen molar-refractivity contribution in [2.45, 2.75) is 18.1 Å². The molecule has 234 valence electrons. The minimum Gasteiger partial charge on any atom is -0.338 e. The number of hydrogen-bond donors (Lipinski definition) is 7. The smallest absolute Gasteiger partial charge is 0.338 e. The third-order valence-electron chi connectivity index (χ3n) is 6.78. The highest BCUT2D eigenvalue weighted by molar-refractivity contribution is 5.99. The van der Waals surface area contributed by atoms with E-state index in [1.54, 1.807) is 46.6 Å². The molecule has 1 unspecified atom stereocenters. The number of aromatic nitrogens is 2. The number of nitrogens with one attached hydrogen (secondary N) is 7. The molecule has 2 aromatic carbocycles. The number of amides is 4. The van der Waals surface area contributed by atoms with Crippen molar-refractivity contribution in [1.29, 1.82) is 16.2 Å². The number of para-hydroxylation sites is 1. The number of benzene rings is 2. The van der Waals surface area contributed by atoms with Crippen molar-refractivity contribution >= 4 is 54.4 Å². The number of H-pyrrole nitrogens is 1. The van der Waals surface area contributed by atoms with Gasteiger partial charge in [-0.1, -0.05) is 30.3 Å². The van der Waals surface area contributed by atoms with Gasteiger partial charge in [-0.15, -0.1) is 0 Å². The van der Waals surface area contributed by atoms with Crippen molar-refractivity contribution in [2.75, 3.05) is 30.3 Å². The van der Waals surface area contributed by atoms with Crippen LogP contribution < -0.4 is 16.0 Å². The minimum absolute atomic E-state index is 0.269. The van der Waals surface area contributed by atoms with E-state index in [0.717, 1.165) is 12.4 Å². The van der Waals surface area contributed by atoms with Crippen LogP contribution in [0, 0.1) is 22.1 Å². The molecule has 4 amide bonds. The summed E-state index contributed by atoms with van der Waals surface area (Å²) in [7, 11) is 0. The van der Waals surface area contributed by atoms with Crippen molar-refractivity contribution in [1.82, 2.24) is 20.2 Å². The summed E-state index contributed by atoms with van der Waals surface area (Å²) < 4.78 is 37.1. The number of halogens is 3. The van der Waals surface area contributed by atoms with Crippen LogP contribution in [0.4, 0.5) is 34.1 Å². The third-order valence-corrected chi connectivity index (χ3v) is 6.78. The fourth-order valence-electron chi connectivity index (χ4n) is 4.52.